The molecule has 0 bridgehead atoms. The zero-order valence-electron chi connectivity index (χ0n) is 13.4. The molecule has 3 heterocycles. The second kappa shape index (κ2) is 5.94. The van der Waals surface area contributed by atoms with Crippen LogP contribution in [0.1, 0.15) is 17.9 Å². The van der Waals surface area contributed by atoms with Gasteiger partial charge >= 0.3 is 0 Å². The van der Waals surface area contributed by atoms with Gasteiger partial charge in [-0.15, -0.1) is 0 Å². The molecule has 23 heavy (non-hydrogen) atoms. The first-order chi connectivity index (χ1) is 11.2. The lowest BCUT2D eigenvalue weighted by molar-refractivity contribution is 0.247. The van der Waals surface area contributed by atoms with Gasteiger partial charge in [-0.25, -0.2) is 9.97 Å². The maximum absolute atomic E-state index is 5.30. The lowest BCUT2D eigenvalue weighted by atomic mass is 10.2. The molecule has 1 aromatic carbocycles. The number of oxazole rings is 1. The first-order valence-electron chi connectivity index (χ1n) is 7.90. The normalized spacial score (nSPS) is 18.4. The fourth-order valence-electron chi connectivity index (χ4n) is 3.12. The van der Waals surface area contributed by atoms with Crippen LogP contribution < -0.4 is 4.90 Å². The summed E-state index contributed by atoms with van der Waals surface area (Å²) in [6, 6.07) is 8.88. The Balaban J connectivity index is 1.45. The maximum atomic E-state index is 5.30. The second-order valence-corrected chi connectivity index (χ2v) is 7.13. The Morgan fingerprint density at radius 1 is 1.39 bits per heavy atom. The van der Waals surface area contributed by atoms with E-state index < -0.39 is 0 Å². The summed E-state index contributed by atoms with van der Waals surface area (Å²) in [7, 11) is 2.17. The molecule has 1 fully saturated rings. The molecule has 3 aromatic rings. The van der Waals surface area contributed by atoms with E-state index in [1.807, 2.05) is 13.0 Å². The zero-order valence-corrected chi connectivity index (χ0v) is 14.2. The summed E-state index contributed by atoms with van der Waals surface area (Å²) < 4.78 is 6.56. The quantitative estimate of drug-likeness (QED) is 0.735. The molecule has 1 atom stereocenters. The van der Waals surface area contributed by atoms with E-state index in [1.165, 1.54) is 11.1 Å². The molecule has 4 rings (SSSR count). The van der Waals surface area contributed by atoms with Crippen LogP contribution in [0.2, 0.25) is 0 Å². The zero-order chi connectivity index (χ0) is 15.8. The van der Waals surface area contributed by atoms with Crippen molar-refractivity contribution in [1.29, 1.82) is 0 Å². The number of anilines is 1. The van der Waals surface area contributed by atoms with Crippen molar-refractivity contribution < 1.29 is 4.42 Å². The van der Waals surface area contributed by atoms with Gasteiger partial charge in [0.05, 0.1) is 15.9 Å². The van der Waals surface area contributed by atoms with Crippen LogP contribution in [0.4, 0.5) is 5.13 Å². The lowest BCUT2D eigenvalue weighted by Gasteiger charge is -2.23. The van der Waals surface area contributed by atoms with Gasteiger partial charge in [-0.1, -0.05) is 23.5 Å². The highest BCUT2D eigenvalue weighted by molar-refractivity contribution is 7.22. The van der Waals surface area contributed by atoms with Crippen molar-refractivity contribution in [3.63, 3.8) is 0 Å². The Hall–Kier alpha value is -1.92. The number of aromatic nitrogens is 2. The highest BCUT2D eigenvalue weighted by atomic mass is 32.1. The summed E-state index contributed by atoms with van der Waals surface area (Å²) in [6.07, 6.45) is 2.68. The van der Waals surface area contributed by atoms with Crippen LogP contribution in [0, 0.1) is 6.92 Å². The first kappa shape index (κ1) is 14.7. The molecule has 1 aliphatic rings. The average Bonchev–Trinajstić information content (AvgIpc) is 3.26. The summed E-state index contributed by atoms with van der Waals surface area (Å²) in [6.45, 7) is 4.89. The van der Waals surface area contributed by atoms with Gasteiger partial charge in [0.25, 0.3) is 0 Å². The minimum atomic E-state index is 0.526. The number of hydrogen-bond acceptors (Lipinski definition) is 6. The van der Waals surface area contributed by atoms with Crippen LogP contribution >= 0.6 is 11.3 Å². The SMILES string of the molecule is Cc1ocnc1CN(C)C1CCN(c2nc3ccccc3s2)C1. The molecule has 0 saturated carbocycles. The minimum Gasteiger partial charge on any atom is -0.448 e. The Kier molecular flexibility index (Phi) is 3.79. The number of rotatable bonds is 4. The molecule has 0 N–H and O–H groups in total. The van der Waals surface area contributed by atoms with Gasteiger partial charge in [0.1, 0.15) is 5.76 Å². The Bertz CT molecular complexity index is 779. The van der Waals surface area contributed by atoms with Crippen molar-refractivity contribution in [3.8, 4) is 0 Å². The van der Waals surface area contributed by atoms with Crippen LogP contribution in [0.25, 0.3) is 10.2 Å². The molecule has 0 radical (unpaired) electrons. The third-order valence-electron chi connectivity index (χ3n) is 4.58. The molecular weight excluding hydrogens is 308 g/mol. The van der Waals surface area contributed by atoms with Crippen LogP contribution in [0.5, 0.6) is 0 Å². The first-order valence-corrected chi connectivity index (χ1v) is 8.72. The predicted octanol–water partition coefficient (Wildman–Crippen LogP) is 3.30. The number of benzene rings is 1. The summed E-state index contributed by atoms with van der Waals surface area (Å²) in [5, 5.41) is 1.14. The lowest BCUT2D eigenvalue weighted by Crippen LogP contribution is -2.34. The van der Waals surface area contributed by atoms with Crippen molar-refractivity contribution in [2.75, 3.05) is 25.0 Å². The smallest absolute Gasteiger partial charge is 0.186 e. The maximum Gasteiger partial charge on any atom is 0.186 e. The molecular formula is C17H20N4OS. The van der Waals surface area contributed by atoms with E-state index in [0.717, 1.165) is 48.2 Å². The summed E-state index contributed by atoms with van der Waals surface area (Å²) in [4.78, 5) is 13.9. The Morgan fingerprint density at radius 3 is 3.04 bits per heavy atom. The van der Waals surface area contributed by atoms with Gasteiger partial charge < -0.3 is 9.32 Å². The highest BCUT2D eigenvalue weighted by Gasteiger charge is 2.28. The Labute approximate surface area is 139 Å². The highest BCUT2D eigenvalue weighted by Crippen LogP contribution is 2.31. The number of aryl methyl sites for hydroxylation is 1. The van der Waals surface area contributed by atoms with Gasteiger partial charge in [-0.3, -0.25) is 4.90 Å². The van der Waals surface area contributed by atoms with Gasteiger partial charge in [0.15, 0.2) is 11.5 Å². The predicted molar refractivity (Wildman–Crippen MR) is 92.9 cm³/mol. The third-order valence-corrected chi connectivity index (χ3v) is 5.68. The molecule has 5 nitrogen and oxygen atoms in total. The fraction of sp³-hybridized carbons (Fsp3) is 0.412. The van der Waals surface area contributed by atoms with Crippen LogP contribution in [-0.2, 0) is 6.54 Å². The molecule has 0 aliphatic carbocycles. The minimum absolute atomic E-state index is 0.526. The van der Waals surface area contributed by atoms with Crippen molar-refractivity contribution in [2.45, 2.75) is 25.9 Å². The molecule has 2 aromatic heterocycles. The standard InChI is InChI=1S/C17H20N4OS/c1-12-15(18-11-22-12)10-20(2)13-7-8-21(9-13)17-19-14-5-3-4-6-16(14)23-17/h3-6,11,13H,7-10H2,1-2H3. The molecule has 1 saturated heterocycles. The number of likely N-dealkylation sites (N-methyl/N-ethyl adjacent to an activating group) is 1. The second-order valence-electron chi connectivity index (χ2n) is 6.12. The molecule has 0 spiro atoms. The van der Waals surface area contributed by atoms with Gasteiger partial charge in [-0.2, -0.15) is 0 Å². The van der Waals surface area contributed by atoms with E-state index in [-0.39, 0.29) is 0 Å². The van der Waals surface area contributed by atoms with Crippen LogP contribution in [0.15, 0.2) is 35.1 Å². The molecule has 0 amide bonds. The van der Waals surface area contributed by atoms with Crippen molar-refractivity contribution in [3.05, 3.63) is 42.1 Å². The number of para-hydroxylation sites is 1. The summed E-state index contributed by atoms with van der Waals surface area (Å²) >= 11 is 1.79. The van der Waals surface area contributed by atoms with E-state index >= 15 is 0 Å². The number of fused-ring (bicyclic) bond motifs is 1. The molecule has 6 heteroatoms. The topological polar surface area (TPSA) is 45.4 Å². The summed E-state index contributed by atoms with van der Waals surface area (Å²) in [5.41, 5.74) is 2.13. The van der Waals surface area contributed by atoms with Crippen molar-refractivity contribution >= 4 is 26.7 Å². The van der Waals surface area contributed by atoms with Crippen LogP contribution in [0.3, 0.4) is 0 Å². The fourth-order valence-corrected chi connectivity index (χ4v) is 4.12. The Morgan fingerprint density at radius 2 is 2.26 bits per heavy atom. The third kappa shape index (κ3) is 2.84. The van der Waals surface area contributed by atoms with Gasteiger partial charge in [0, 0.05) is 25.7 Å². The molecule has 1 unspecified atom stereocenters. The molecule has 1 aliphatic heterocycles. The van der Waals surface area contributed by atoms with Gasteiger partial charge in [0.2, 0.25) is 0 Å². The van der Waals surface area contributed by atoms with E-state index in [0.29, 0.717) is 6.04 Å². The number of hydrogen-bond donors (Lipinski definition) is 0. The van der Waals surface area contributed by atoms with E-state index in [1.54, 1.807) is 11.3 Å². The summed E-state index contributed by atoms with van der Waals surface area (Å²) in [5.74, 6) is 0.915. The van der Waals surface area contributed by atoms with Crippen molar-refractivity contribution in [2.24, 2.45) is 0 Å². The molecule has 120 valence electrons. The largest absolute Gasteiger partial charge is 0.448 e. The average molecular weight is 328 g/mol. The van der Waals surface area contributed by atoms with E-state index in [4.69, 9.17) is 9.40 Å². The van der Waals surface area contributed by atoms with Crippen LogP contribution in [-0.4, -0.2) is 41.0 Å². The van der Waals surface area contributed by atoms with Gasteiger partial charge in [-0.05, 0) is 32.5 Å². The van der Waals surface area contributed by atoms with Crippen molar-refractivity contribution in [1.82, 2.24) is 14.9 Å². The van der Waals surface area contributed by atoms with E-state index in [9.17, 15) is 0 Å². The monoisotopic (exact) mass is 328 g/mol. The van der Waals surface area contributed by atoms with E-state index in [2.05, 4.69) is 40.0 Å². The number of nitrogens with zero attached hydrogens (tertiary/aromatic N) is 4. The number of thiazole rings is 1.